The van der Waals surface area contributed by atoms with Gasteiger partial charge >= 0.3 is 6.09 Å². The van der Waals surface area contributed by atoms with E-state index in [2.05, 4.69) is 15.3 Å². The fraction of sp³-hybridized carbons (Fsp3) is 0.286. The van der Waals surface area contributed by atoms with Crippen LogP contribution in [0.3, 0.4) is 0 Å². The molecule has 3 heterocycles. The molecule has 2 fully saturated rings. The van der Waals surface area contributed by atoms with E-state index in [4.69, 9.17) is 14.2 Å². The normalized spacial score (nSPS) is 21.1. The largest absolute Gasteiger partial charge is 0.445 e. The first-order valence-electron chi connectivity index (χ1n) is 15.3. The number of carbonyl (C=O) groups excluding carboxylic acids is 3. The van der Waals surface area contributed by atoms with Crippen molar-refractivity contribution in [3.63, 3.8) is 0 Å². The van der Waals surface area contributed by atoms with Crippen LogP contribution >= 0.6 is 11.8 Å². The molecule has 6 rings (SSSR count). The third-order valence-electron chi connectivity index (χ3n) is 7.90. The molecule has 242 valence electrons. The molecule has 2 aliphatic rings. The van der Waals surface area contributed by atoms with E-state index in [-0.39, 0.29) is 44.3 Å². The molecule has 1 aromatic heterocycles. The monoisotopic (exact) mass is 654 g/mol. The van der Waals surface area contributed by atoms with Crippen LogP contribution in [0.15, 0.2) is 102 Å². The van der Waals surface area contributed by atoms with Crippen molar-refractivity contribution in [1.29, 1.82) is 0 Å². The Morgan fingerprint density at radius 3 is 2.32 bits per heavy atom. The molecular weight excluding hydrogens is 620 g/mol. The van der Waals surface area contributed by atoms with Gasteiger partial charge in [0.15, 0.2) is 11.4 Å². The Kier molecular flexibility index (Phi) is 10.5. The van der Waals surface area contributed by atoms with Crippen molar-refractivity contribution in [3.05, 3.63) is 125 Å². The van der Waals surface area contributed by atoms with Gasteiger partial charge in [-0.15, -0.1) is 0 Å². The maximum Gasteiger partial charge on any atom is 0.408 e. The summed E-state index contributed by atoms with van der Waals surface area (Å²) in [6, 6.07) is 25.1. The lowest BCUT2D eigenvalue weighted by Crippen LogP contribution is -2.41. The lowest BCUT2D eigenvalue weighted by Gasteiger charge is -2.36. The number of imide groups is 1. The summed E-state index contributed by atoms with van der Waals surface area (Å²) < 4.78 is 18.0. The van der Waals surface area contributed by atoms with Crippen molar-refractivity contribution in [2.45, 2.75) is 62.3 Å². The van der Waals surface area contributed by atoms with E-state index < -0.39 is 24.3 Å². The Bertz CT molecular complexity index is 1660. The Morgan fingerprint density at radius 1 is 0.894 bits per heavy atom. The Morgan fingerprint density at radius 2 is 1.60 bits per heavy atom. The van der Waals surface area contributed by atoms with Gasteiger partial charge in [-0.25, -0.2) is 14.8 Å². The third-order valence-corrected chi connectivity index (χ3v) is 8.90. The number of aliphatic hydroxyl groups is 1. The van der Waals surface area contributed by atoms with E-state index in [1.807, 2.05) is 78.9 Å². The maximum atomic E-state index is 13.0. The van der Waals surface area contributed by atoms with E-state index >= 15 is 0 Å². The molecule has 0 radical (unpaired) electrons. The number of amides is 3. The molecule has 0 bridgehead atoms. The molecule has 3 amide bonds. The number of alkyl carbamates (subject to hydrolysis) is 1. The summed E-state index contributed by atoms with van der Waals surface area (Å²) in [5.74, 6) is -0.224. The summed E-state index contributed by atoms with van der Waals surface area (Å²) in [5.41, 5.74) is 4.14. The highest BCUT2D eigenvalue weighted by atomic mass is 32.2. The number of ether oxygens (including phenoxy) is 3. The zero-order chi connectivity index (χ0) is 32.6. The van der Waals surface area contributed by atoms with Crippen LogP contribution in [0.2, 0.25) is 0 Å². The lowest BCUT2D eigenvalue weighted by atomic mass is 10.0. The van der Waals surface area contributed by atoms with Crippen LogP contribution in [0.5, 0.6) is 0 Å². The van der Waals surface area contributed by atoms with Crippen molar-refractivity contribution in [2.75, 3.05) is 5.75 Å². The number of likely N-dealkylation sites (tertiary alicyclic amines) is 1. The zero-order valence-electron chi connectivity index (χ0n) is 25.4. The van der Waals surface area contributed by atoms with Gasteiger partial charge in [-0.05, 0) is 28.3 Å². The second-order valence-electron chi connectivity index (χ2n) is 11.2. The lowest BCUT2D eigenvalue weighted by molar-refractivity contribution is -0.245. The van der Waals surface area contributed by atoms with Gasteiger partial charge in [0.05, 0.1) is 31.8 Å². The second-order valence-corrected chi connectivity index (χ2v) is 12.2. The third kappa shape index (κ3) is 8.40. The average molecular weight is 655 g/mol. The van der Waals surface area contributed by atoms with Crippen molar-refractivity contribution < 1.29 is 33.7 Å². The minimum Gasteiger partial charge on any atom is -0.445 e. The first-order valence-corrected chi connectivity index (χ1v) is 16.2. The van der Waals surface area contributed by atoms with Gasteiger partial charge in [-0.2, -0.15) is 0 Å². The predicted octanol–water partition coefficient (Wildman–Crippen LogP) is 4.86. The molecule has 47 heavy (non-hydrogen) atoms. The van der Waals surface area contributed by atoms with Crippen LogP contribution in [0, 0.1) is 0 Å². The number of aromatic nitrogens is 2. The molecule has 0 saturated carbocycles. The van der Waals surface area contributed by atoms with Crippen molar-refractivity contribution in [1.82, 2.24) is 20.2 Å². The standard InChI is InChI=1S/C35H34N4O7S/c40-20-24-9-11-26(12-10-24)30-17-28(22-47-34-36-15-4-16-37-34)45-33(46-30)27-13-7-23(8-14-27)19-39-31(41)18-29(32(39)42)38-35(43)44-21-25-5-2-1-3-6-25/h1-16,28-30,33,40H,17-22H2,(H,38,43)/t28-,29?,30+,33+/m0/s1. The summed E-state index contributed by atoms with van der Waals surface area (Å²) in [5, 5.41) is 12.7. The number of rotatable bonds is 11. The molecule has 0 aliphatic carbocycles. The SMILES string of the molecule is O=C(NC1CC(=O)N(Cc2ccc([C@@H]3O[C@H](CSc4ncccn4)C[C@H](c4ccc(CO)cc4)O3)cc2)C1=O)OCc1ccccc1. The fourth-order valence-electron chi connectivity index (χ4n) is 5.38. The van der Waals surface area contributed by atoms with Crippen LogP contribution in [-0.2, 0) is 43.6 Å². The number of hydrogen-bond acceptors (Lipinski definition) is 10. The maximum absolute atomic E-state index is 13.0. The highest BCUT2D eigenvalue weighted by Crippen LogP contribution is 2.39. The van der Waals surface area contributed by atoms with Crippen LogP contribution < -0.4 is 5.32 Å². The molecule has 12 heteroatoms. The van der Waals surface area contributed by atoms with Gasteiger partial charge in [0, 0.05) is 30.1 Å². The highest BCUT2D eigenvalue weighted by Gasteiger charge is 2.40. The summed E-state index contributed by atoms with van der Waals surface area (Å²) in [4.78, 5) is 47.8. The minimum absolute atomic E-state index is 0.0344. The van der Waals surface area contributed by atoms with E-state index in [0.29, 0.717) is 17.3 Å². The average Bonchev–Trinajstić information content (AvgIpc) is 3.38. The molecule has 3 aromatic carbocycles. The van der Waals surface area contributed by atoms with Crippen LogP contribution in [0.25, 0.3) is 0 Å². The van der Waals surface area contributed by atoms with Gasteiger partial charge < -0.3 is 24.6 Å². The van der Waals surface area contributed by atoms with Crippen LogP contribution in [0.1, 0.15) is 53.1 Å². The van der Waals surface area contributed by atoms with Crippen LogP contribution in [0.4, 0.5) is 4.79 Å². The quantitative estimate of drug-likeness (QED) is 0.131. The summed E-state index contributed by atoms with van der Waals surface area (Å²) in [7, 11) is 0. The van der Waals surface area contributed by atoms with Gasteiger partial charge in [-0.1, -0.05) is 90.6 Å². The first-order chi connectivity index (χ1) is 22.9. The molecular formula is C35H34N4O7S. The topological polar surface area (TPSA) is 140 Å². The number of benzene rings is 3. The van der Waals surface area contributed by atoms with E-state index in [9.17, 15) is 19.5 Å². The number of nitrogens with zero attached hydrogens (tertiary/aromatic N) is 3. The summed E-state index contributed by atoms with van der Waals surface area (Å²) >= 11 is 1.51. The molecule has 11 nitrogen and oxygen atoms in total. The van der Waals surface area contributed by atoms with E-state index in [1.165, 1.54) is 11.8 Å². The van der Waals surface area contributed by atoms with E-state index in [0.717, 1.165) is 32.7 Å². The molecule has 2 aliphatic heterocycles. The van der Waals surface area contributed by atoms with Crippen LogP contribution in [-0.4, -0.2) is 55.8 Å². The second kappa shape index (κ2) is 15.3. The Labute approximate surface area is 276 Å². The number of nitrogens with one attached hydrogen (secondary N) is 1. The van der Waals surface area contributed by atoms with Gasteiger partial charge in [0.2, 0.25) is 5.91 Å². The van der Waals surface area contributed by atoms with Crippen molar-refractivity contribution in [2.24, 2.45) is 0 Å². The first kappa shape index (κ1) is 32.3. The summed E-state index contributed by atoms with van der Waals surface area (Å²) in [6.45, 7) is 0.0921. The van der Waals surface area contributed by atoms with Gasteiger partial charge in [0.25, 0.3) is 5.91 Å². The highest BCUT2D eigenvalue weighted by molar-refractivity contribution is 7.99. The smallest absolute Gasteiger partial charge is 0.408 e. The predicted molar refractivity (Wildman–Crippen MR) is 171 cm³/mol. The molecule has 4 atom stereocenters. The van der Waals surface area contributed by atoms with E-state index in [1.54, 1.807) is 18.5 Å². The molecule has 4 aromatic rings. The number of aliphatic hydroxyl groups excluding tert-OH is 1. The Hall–Kier alpha value is -4.62. The number of thioether (sulfide) groups is 1. The number of carbonyl (C=O) groups is 3. The minimum atomic E-state index is -0.978. The summed E-state index contributed by atoms with van der Waals surface area (Å²) in [6.07, 6.45) is 2.09. The molecule has 2 saturated heterocycles. The molecule has 2 N–H and O–H groups in total. The van der Waals surface area contributed by atoms with Crippen molar-refractivity contribution >= 4 is 29.7 Å². The fourth-order valence-corrected chi connectivity index (χ4v) is 6.20. The van der Waals surface area contributed by atoms with Crippen molar-refractivity contribution in [3.8, 4) is 0 Å². The van der Waals surface area contributed by atoms with Gasteiger partial charge in [-0.3, -0.25) is 14.5 Å². The molecule has 1 unspecified atom stereocenters. The number of hydrogen-bond donors (Lipinski definition) is 2. The zero-order valence-corrected chi connectivity index (χ0v) is 26.3. The van der Waals surface area contributed by atoms with Gasteiger partial charge in [0.1, 0.15) is 12.6 Å². The Balaban J connectivity index is 1.08. The molecule has 0 spiro atoms.